The maximum atomic E-state index is 13.2. The Labute approximate surface area is 116 Å². The second-order valence-corrected chi connectivity index (χ2v) is 4.42. The van der Waals surface area contributed by atoms with Crippen LogP contribution in [0.15, 0.2) is 24.7 Å². The summed E-state index contributed by atoms with van der Waals surface area (Å²) in [4.78, 5) is 15.2. The number of H-pyrrole nitrogens is 1. The molecule has 0 radical (unpaired) electrons. The van der Waals surface area contributed by atoms with E-state index in [4.69, 9.17) is 0 Å². The lowest BCUT2D eigenvalue weighted by atomic mass is 9.97. The van der Waals surface area contributed by atoms with Crippen molar-refractivity contribution in [1.82, 2.24) is 19.7 Å². The molecule has 2 aromatic heterocycles. The minimum absolute atomic E-state index is 0.129. The van der Waals surface area contributed by atoms with Gasteiger partial charge in [-0.3, -0.25) is 9.89 Å². The number of aliphatic hydroxyl groups is 1. The van der Waals surface area contributed by atoms with Crippen LogP contribution in [0.2, 0.25) is 0 Å². The van der Waals surface area contributed by atoms with Crippen molar-refractivity contribution in [3.05, 3.63) is 30.5 Å². The SMILES string of the molecule is Cn1ccnc1C(O)(CC(=O)Nc1ccn[nH]1)C(F)(F)F. The molecule has 2 heterocycles. The maximum Gasteiger partial charge on any atom is 0.425 e. The summed E-state index contributed by atoms with van der Waals surface area (Å²) in [6, 6.07) is 1.37. The number of alkyl halides is 3. The number of anilines is 1. The van der Waals surface area contributed by atoms with Gasteiger partial charge in [0.1, 0.15) is 5.82 Å². The van der Waals surface area contributed by atoms with Gasteiger partial charge in [0.25, 0.3) is 0 Å². The van der Waals surface area contributed by atoms with Gasteiger partial charge in [0.05, 0.1) is 12.6 Å². The summed E-state index contributed by atoms with van der Waals surface area (Å²) in [7, 11) is 1.30. The zero-order chi connectivity index (χ0) is 15.7. The molecule has 0 aromatic carbocycles. The fourth-order valence-electron chi connectivity index (χ4n) is 1.82. The lowest BCUT2D eigenvalue weighted by Gasteiger charge is -2.29. The van der Waals surface area contributed by atoms with Crippen LogP contribution in [-0.2, 0) is 17.4 Å². The van der Waals surface area contributed by atoms with Crippen molar-refractivity contribution >= 4 is 11.7 Å². The van der Waals surface area contributed by atoms with Crippen molar-refractivity contribution in [1.29, 1.82) is 0 Å². The van der Waals surface area contributed by atoms with Gasteiger partial charge in [-0.2, -0.15) is 18.3 Å². The molecule has 1 amide bonds. The number of carbonyl (C=O) groups is 1. The maximum absolute atomic E-state index is 13.2. The topological polar surface area (TPSA) is 95.8 Å². The summed E-state index contributed by atoms with van der Waals surface area (Å²) >= 11 is 0. The Balaban J connectivity index is 2.26. The number of nitrogens with zero attached hydrogens (tertiary/aromatic N) is 3. The molecule has 1 unspecified atom stereocenters. The van der Waals surface area contributed by atoms with Gasteiger partial charge in [-0.25, -0.2) is 4.98 Å². The van der Waals surface area contributed by atoms with Crippen LogP contribution in [0.3, 0.4) is 0 Å². The van der Waals surface area contributed by atoms with Crippen LogP contribution in [0, 0.1) is 0 Å². The minimum atomic E-state index is -5.06. The third kappa shape index (κ3) is 2.89. The first-order valence-electron chi connectivity index (χ1n) is 5.80. The Bertz CT molecular complexity index is 622. The normalized spacial score (nSPS) is 14.7. The van der Waals surface area contributed by atoms with Crippen molar-refractivity contribution in [3.8, 4) is 0 Å². The van der Waals surface area contributed by atoms with E-state index in [0.717, 1.165) is 10.8 Å². The molecule has 0 bridgehead atoms. The molecule has 2 rings (SSSR count). The van der Waals surface area contributed by atoms with E-state index < -0.39 is 29.9 Å². The van der Waals surface area contributed by atoms with Crippen LogP contribution in [0.1, 0.15) is 12.2 Å². The molecule has 1 atom stereocenters. The van der Waals surface area contributed by atoms with Gasteiger partial charge < -0.3 is 15.0 Å². The monoisotopic (exact) mass is 303 g/mol. The molecule has 3 N–H and O–H groups in total. The largest absolute Gasteiger partial charge is 0.425 e. The second-order valence-electron chi connectivity index (χ2n) is 4.42. The molecule has 0 aliphatic carbocycles. The van der Waals surface area contributed by atoms with E-state index in [0.29, 0.717) is 0 Å². The van der Waals surface area contributed by atoms with E-state index in [1.165, 1.54) is 25.5 Å². The number of rotatable bonds is 4. The molecule has 0 fully saturated rings. The third-order valence-corrected chi connectivity index (χ3v) is 2.85. The Hall–Kier alpha value is -2.36. The summed E-state index contributed by atoms with van der Waals surface area (Å²) in [6.07, 6.45) is -2.60. The van der Waals surface area contributed by atoms with Gasteiger partial charge in [-0.05, 0) is 0 Å². The fourth-order valence-corrected chi connectivity index (χ4v) is 1.82. The van der Waals surface area contributed by atoms with Crippen LogP contribution in [0.5, 0.6) is 0 Å². The molecular weight excluding hydrogens is 291 g/mol. The van der Waals surface area contributed by atoms with Crippen LogP contribution in [0.4, 0.5) is 19.0 Å². The number of amides is 1. The van der Waals surface area contributed by atoms with Gasteiger partial charge in [-0.1, -0.05) is 0 Å². The molecule has 21 heavy (non-hydrogen) atoms. The fraction of sp³-hybridized carbons (Fsp3) is 0.364. The van der Waals surface area contributed by atoms with Crippen molar-refractivity contribution in [2.24, 2.45) is 7.05 Å². The Morgan fingerprint density at radius 2 is 2.19 bits per heavy atom. The van der Waals surface area contributed by atoms with Crippen LogP contribution in [0.25, 0.3) is 0 Å². The molecule has 0 saturated heterocycles. The number of hydrogen-bond acceptors (Lipinski definition) is 4. The summed E-state index contributed by atoms with van der Waals surface area (Å²) in [6.45, 7) is 0. The smallest absolute Gasteiger partial charge is 0.374 e. The van der Waals surface area contributed by atoms with Crippen molar-refractivity contribution < 1.29 is 23.1 Å². The highest BCUT2D eigenvalue weighted by Gasteiger charge is 2.58. The van der Waals surface area contributed by atoms with Crippen LogP contribution >= 0.6 is 0 Å². The van der Waals surface area contributed by atoms with Gasteiger partial charge in [0.15, 0.2) is 5.82 Å². The second kappa shape index (κ2) is 5.20. The minimum Gasteiger partial charge on any atom is -0.374 e. The molecule has 0 spiro atoms. The van der Waals surface area contributed by atoms with Gasteiger partial charge in [0, 0.05) is 25.5 Å². The molecule has 0 saturated carbocycles. The molecule has 10 heteroatoms. The van der Waals surface area contributed by atoms with Crippen molar-refractivity contribution in [3.63, 3.8) is 0 Å². The summed E-state index contributed by atoms with van der Waals surface area (Å²) < 4.78 is 40.6. The number of aromatic nitrogens is 4. The first-order valence-corrected chi connectivity index (χ1v) is 5.80. The Morgan fingerprint density at radius 1 is 1.48 bits per heavy atom. The number of hydrogen-bond donors (Lipinski definition) is 3. The van der Waals surface area contributed by atoms with E-state index in [1.807, 2.05) is 0 Å². The highest BCUT2D eigenvalue weighted by Crippen LogP contribution is 2.40. The predicted octanol–water partition coefficient (Wildman–Crippen LogP) is 0.922. The van der Waals surface area contributed by atoms with Crippen LogP contribution in [-0.4, -0.2) is 36.9 Å². The number of imidazole rings is 1. The highest BCUT2D eigenvalue weighted by molar-refractivity contribution is 5.90. The number of carbonyl (C=O) groups excluding carboxylic acids is 1. The Kier molecular flexibility index (Phi) is 3.73. The number of aryl methyl sites for hydroxylation is 1. The average molecular weight is 303 g/mol. The average Bonchev–Trinajstić information content (AvgIpc) is 2.98. The third-order valence-electron chi connectivity index (χ3n) is 2.85. The zero-order valence-corrected chi connectivity index (χ0v) is 10.8. The molecular formula is C11H12F3N5O2. The molecule has 7 nitrogen and oxygen atoms in total. The van der Waals surface area contributed by atoms with Gasteiger partial charge >= 0.3 is 6.18 Å². The van der Waals surface area contributed by atoms with E-state index >= 15 is 0 Å². The lowest BCUT2D eigenvalue weighted by molar-refractivity contribution is -0.270. The van der Waals surface area contributed by atoms with Gasteiger partial charge in [0.2, 0.25) is 11.5 Å². The molecule has 0 aliphatic heterocycles. The molecule has 2 aromatic rings. The predicted molar refractivity (Wildman–Crippen MR) is 65.0 cm³/mol. The van der Waals surface area contributed by atoms with E-state index in [2.05, 4.69) is 20.5 Å². The van der Waals surface area contributed by atoms with Gasteiger partial charge in [-0.15, -0.1) is 0 Å². The molecule has 114 valence electrons. The first-order chi connectivity index (χ1) is 9.74. The Morgan fingerprint density at radius 3 is 2.67 bits per heavy atom. The number of halogens is 3. The van der Waals surface area contributed by atoms with E-state index in [1.54, 1.807) is 0 Å². The number of nitrogens with one attached hydrogen (secondary N) is 2. The number of aromatic amines is 1. The first kappa shape index (κ1) is 15.0. The summed E-state index contributed by atoms with van der Waals surface area (Å²) in [5, 5.41) is 18.1. The highest BCUT2D eigenvalue weighted by atomic mass is 19.4. The standard InChI is InChI=1S/C11H12F3N5O2/c1-19-5-4-15-9(19)10(21,11(12,13)14)6-8(20)17-7-2-3-16-18-7/h2-5,21H,6H2,1H3,(H2,16,17,18,20). The quantitative estimate of drug-likeness (QED) is 0.782. The molecule has 0 aliphatic rings. The lowest BCUT2D eigenvalue weighted by Crippen LogP contribution is -2.46. The van der Waals surface area contributed by atoms with E-state index in [9.17, 15) is 23.1 Å². The van der Waals surface area contributed by atoms with Crippen molar-refractivity contribution in [2.75, 3.05) is 5.32 Å². The van der Waals surface area contributed by atoms with Crippen LogP contribution < -0.4 is 5.32 Å². The van der Waals surface area contributed by atoms with Crippen molar-refractivity contribution in [2.45, 2.75) is 18.2 Å². The summed E-state index contributed by atoms with van der Waals surface area (Å²) in [5.74, 6) is -1.55. The van der Waals surface area contributed by atoms with E-state index in [-0.39, 0.29) is 5.82 Å². The summed E-state index contributed by atoms with van der Waals surface area (Å²) in [5.41, 5.74) is -3.38. The zero-order valence-electron chi connectivity index (χ0n) is 10.8.